The van der Waals surface area contributed by atoms with Gasteiger partial charge in [-0.25, -0.2) is 9.78 Å². The summed E-state index contributed by atoms with van der Waals surface area (Å²) in [6.45, 7) is 7.81. The van der Waals surface area contributed by atoms with Crippen molar-refractivity contribution in [3.8, 4) is 0 Å². The van der Waals surface area contributed by atoms with Gasteiger partial charge in [0.15, 0.2) is 6.10 Å². The second-order valence-electron chi connectivity index (χ2n) is 5.55. The minimum absolute atomic E-state index is 0.598. The third-order valence-electron chi connectivity index (χ3n) is 4.29. The summed E-state index contributed by atoms with van der Waals surface area (Å²) in [5.41, 5.74) is 3.64. The number of methoxy groups -OCH3 is 1. The molecule has 1 atom stereocenters. The number of esters is 1. The van der Waals surface area contributed by atoms with Crippen LogP contribution < -0.4 is 0 Å². The highest BCUT2D eigenvalue weighted by Gasteiger charge is 2.27. The van der Waals surface area contributed by atoms with E-state index in [4.69, 9.17) is 0 Å². The van der Waals surface area contributed by atoms with Gasteiger partial charge in [0.1, 0.15) is 4.83 Å². The lowest BCUT2D eigenvalue weighted by atomic mass is 9.92. The molecule has 0 saturated carbocycles. The number of fused-ring (bicyclic) bond motifs is 3. The van der Waals surface area contributed by atoms with Gasteiger partial charge in [-0.15, -0.1) is 11.3 Å². The largest absolute Gasteiger partial charge is 0.467 e. The number of thiophene rings is 1. The molecule has 0 fully saturated rings. The van der Waals surface area contributed by atoms with E-state index < -0.39 is 12.1 Å². The van der Waals surface area contributed by atoms with Crippen LogP contribution >= 0.6 is 11.3 Å². The second kappa shape index (κ2) is 7.41. The lowest BCUT2D eigenvalue weighted by Gasteiger charge is -2.16. The molecule has 1 aliphatic rings. The fraction of sp³-hybridized carbons (Fsp3) is 0.556. The van der Waals surface area contributed by atoms with Crippen LogP contribution in [0.25, 0.3) is 10.2 Å². The summed E-state index contributed by atoms with van der Waals surface area (Å²) in [5, 5.41) is 11.4. The Morgan fingerprint density at radius 3 is 2.57 bits per heavy atom. The second-order valence-corrected chi connectivity index (χ2v) is 6.64. The van der Waals surface area contributed by atoms with Crippen molar-refractivity contribution in [2.45, 2.75) is 59.5 Å². The number of hydrogen-bond donors (Lipinski definition) is 1. The summed E-state index contributed by atoms with van der Waals surface area (Å²) in [6.07, 6.45) is 3.35. The lowest BCUT2D eigenvalue weighted by Crippen LogP contribution is -2.16. The standard InChI is InChI=1S/C16H19NO3S.C2H6/c1-8-12(14(18)16(19)20-3)9(2)17-15-13(8)10-6-4-5-7-11(10)21-15;1-2/h14,18H,4-7H2,1-3H3;1-2H3. The molecular formula is C18H25NO3S. The molecular weight excluding hydrogens is 310 g/mol. The van der Waals surface area contributed by atoms with Crippen LogP contribution in [-0.2, 0) is 22.4 Å². The zero-order valence-electron chi connectivity index (χ0n) is 14.5. The first kappa shape index (κ1) is 17.9. The van der Waals surface area contributed by atoms with Crippen molar-refractivity contribution in [2.24, 2.45) is 0 Å². The van der Waals surface area contributed by atoms with Crippen molar-refractivity contribution in [3.05, 3.63) is 27.3 Å². The Hall–Kier alpha value is -1.46. The molecule has 0 bridgehead atoms. The molecule has 2 aromatic rings. The van der Waals surface area contributed by atoms with Gasteiger partial charge in [-0.2, -0.15) is 0 Å². The summed E-state index contributed by atoms with van der Waals surface area (Å²) >= 11 is 1.75. The lowest BCUT2D eigenvalue weighted by molar-refractivity contribution is -0.150. The Balaban J connectivity index is 0.000000924. The first-order valence-electron chi connectivity index (χ1n) is 8.21. The van der Waals surface area contributed by atoms with Gasteiger partial charge in [0.2, 0.25) is 0 Å². The third-order valence-corrected chi connectivity index (χ3v) is 5.47. The van der Waals surface area contributed by atoms with E-state index in [2.05, 4.69) is 9.72 Å². The van der Waals surface area contributed by atoms with E-state index in [0.717, 1.165) is 28.6 Å². The maximum atomic E-state index is 11.7. The van der Waals surface area contributed by atoms with Crippen molar-refractivity contribution in [1.29, 1.82) is 0 Å². The molecule has 2 heterocycles. The van der Waals surface area contributed by atoms with Crippen LogP contribution in [0.3, 0.4) is 0 Å². The molecule has 0 amide bonds. The summed E-state index contributed by atoms with van der Waals surface area (Å²) in [5.74, 6) is -0.633. The number of aryl methyl sites for hydroxylation is 4. The number of aliphatic hydroxyl groups is 1. The highest BCUT2D eigenvalue weighted by Crippen LogP contribution is 2.39. The summed E-state index contributed by atoms with van der Waals surface area (Å²) in [7, 11) is 1.29. The van der Waals surface area contributed by atoms with Crippen LogP contribution in [-0.4, -0.2) is 23.2 Å². The van der Waals surface area contributed by atoms with Gasteiger partial charge in [-0.05, 0) is 50.7 Å². The van der Waals surface area contributed by atoms with E-state index in [1.165, 1.54) is 30.4 Å². The number of ether oxygens (including phenoxy) is 1. The highest BCUT2D eigenvalue weighted by atomic mass is 32.1. The Morgan fingerprint density at radius 2 is 1.91 bits per heavy atom. The fourth-order valence-electron chi connectivity index (χ4n) is 3.27. The molecule has 23 heavy (non-hydrogen) atoms. The number of carbonyl (C=O) groups is 1. The van der Waals surface area contributed by atoms with E-state index >= 15 is 0 Å². The Morgan fingerprint density at radius 1 is 1.26 bits per heavy atom. The minimum Gasteiger partial charge on any atom is -0.467 e. The normalized spacial score (nSPS) is 14.7. The van der Waals surface area contributed by atoms with Crippen molar-refractivity contribution in [2.75, 3.05) is 7.11 Å². The highest BCUT2D eigenvalue weighted by molar-refractivity contribution is 7.18. The van der Waals surface area contributed by atoms with Crippen molar-refractivity contribution in [3.63, 3.8) is 0 Å². The smallest absolute Gasteiger partial charge is 0.339 e. The Kier molecular flexibility index (Phi) is 5.76. The predicted molar refractivity (Wildman–Crippen MR) is 94.1 cm³/mol. The predicted octanol–water partition coefficient (Wildman–Crippen LogP) is 4.02. The Bertz CT molecular complexity index is 721. The monoisotopic (exact) mass is 335 g/mol. The first-order chi connectivity index (χ1) is 11.0. The SMILES string of the molecule is CC.COC(=O)C(O)c1c(C)nc2sc3c(c2c1C)CCCC3. The fourth-order valence-corrected chi connectivity index (χ4v) is 4.64. The van der Waals surface area contributed by atoms with Crippen LogP contribution in [0.2, 0.25) is 0 Å². The molecule has 0 spiro atoms. The summed E-state index contributed by atoms with van der Waals surface area (Å²) in [6, 6.07) is 0. The van der Waals surface area contributed by atoms with Crippen LogP contribution in [0, 0.1) is 13.8 Å². The van der Waals surface area contributed by atoms with Gasteiger partial charge in [-0.3, -0.25) is 0 Å². The number of carbonyl (C=O) groups excluding carboxylic acids is 1. The van der Waals surface area contributed by atoms with Gasteiger partial charge < -0.3 is 9.84 Å². The van der Waals surface area contributed by atoms with E-state index in [1.54, 1.807) is 11.3 Å². The molecule has 0 aromatic carbocycles. The number of nitrogens with zero attached hydrogens (tertiary/aromatic N) is 1. The van der Waals surface area contributed by atoms with Gasteiger partial charge in [0, 0.05) is 21.5 Å². The van der Waals surface area contributed by atoms with E-state index in [-0.39, 0.29) is 0 Å². The quantitative estimate of drug-likeness (QED) is 0.842. The van der Waals surface area contributed by atoms with Crippen LogP contribution in [0.4, 0.5) is 0 Å². The molecule has 5 heteroatoms. The molecule has 4 nitrogen and oxygen atoms in total. The topological polar surface area (TPSA) is 59.4 Å². The molecule has 0 radical (unpaired) electrons. The zero-order valence-corrected chi connectivity index (χ0v) is 15.3. The molecule has 1 aliphatic carbocycles. The average molecular weight is 335 g/mol. The summed E-state index contributed by atoms with van der Waals surface area (Å²) < 4.78 is 4.67. The van der Waals surface area contributed by atoms with E-state index in [0.29, 0.717) is 11.3 Å². The molecule has 126 valence electrons. The third kappa shape index (κ3) is 3.12. The number of aromatic nitrogens is 1. The van der Waals surface area contributed by atoms with E-state index in [9.17, 15) is 9.90 Å². The maximum absolute atomic E-state index is 11.7. The first-order valence-corrected chi connectivity index (χ1v) is 9.03. The van der Waals surface area contributed by atoms with Crippen LogP contribution in [0.15, 0.2) is 0 Å². The molecule has 3 rings (SSSR count). The number of rotatable bonds is 2. The van der Waals surface area contributed by atoms with Crippen molar-refractivity contribution in [1.82, 2.24) is 4.98 Å². The molecule has 1 unspecified atom stereocenters. The van der Waals surface area contributed by atoms with Gasteiger partial charge in [-0.1, -0.05) is 13.8 Å². The van der Waals surface area contributed by atoms with E-state index in [1.807, 2.05) is 27.7 Å². The van der Waals surface area contributed by atoms with Crippen LogP contribution in [0.5, 0.6) is 0 Å². The van der Waals surface area contributed by atoms with Crippen molar-refractivity contribution < 1.29 is 14.6 Å². The summed E-state index contributed by atoms with van der Waals surface area (Å²) in [4.78, 5) is 18.8. The molecule has 1 N–H and O–H groups in total. The molecule has 0 saturated heterocycles. The zero-order chi connectivity index (χ0) is 17.1. The van der Waals surface area contributed by atoms with Crippen LogP contribution in [0.1, 0.15) is 60.1 Å². The Labute approximate surface area is 141 Å². The minimum atomic E-state index is -1.26. The van der Waals surface area contributed by atoms with Gasteiger partial charge >= 0.3 is 5.97 Å². The van der Waals surface area contributed by atoms with Gasteiger partial charge in [0.05, 0.1) is 7.11 Å². The molecule has 0 aliphatic heterocycles. The molecule has 2 aromatic heterocycles. The maximum Gasteiger partial charge on any atom is 0.339 e. The number of hydrogen-bond acceptors (Lipinski definition) is 5. The van der Waals surface area contributed by atoms with Gasteiger partial charge in [0.25, 0.3) is 0 Å². The number of pyridine rings is 1. The average Bonchev–Trinajstić information content (AvgIpc) is 2.93. The van der Waals surface area contributed by atoms with Crippen molar-refractivity contribution >= 4 is 27.5 Å². The number of aliphatic hydroxyl groups excluding tert-OH is 1.